The van der Waals surface area contributed by atoms with E-state index in [9.17, 15) is 5.11 Å². The first kappa shape index (κ1) is 15.5. The van der Waals surface area contributed by atoms with Gasteiger partial charge in [0.25, 0.3) is 0 Å². The van der Waals surface area contributed by atoms with E-state index in [4.69, 9.17) is 4.74 Å². The van der Waals surface area contributed by atoms with Gasteiger partial charge in [0.2, 0.25) is 0 Å². The zero-order chi connectivity index (χ0) is 16.4. The van der Waals surface area contributed by atoms with E-state index in [0.29, 0.717) is 23.7 Å². The SMILES string of the molecule is COc1ccc2c(c1)CC(C)C1C2[C@@H](C)CC2(C)C(O)CCC12. The maximum atomic E-state index is 10.6. The Balaban J connectivity index is 1.78. The average molecular weight is 314 g/mol. The number of aliphatic hydroxyl groups excluding tert-OH is 1. The van der Waals surface area contributed by atoms with Crippen molar-refractivity contribution in [2.75, 3.05) is 7.11 Å². The molecular weight excluding hydrogens is 284 g/mol. The second-order valence-electron chi connectivity index (χ2n) is 8.74. The van der Waals surface area contributed by atoms with Gasteiger partial charge in [0.05, 0.1) is 13.2 Å². The molecule has 6 unspecified atom stereocenters. The van der Waals surface area contributed by atoms with Crippen LogP contribution in [-0.4, -0.2) is 18.3 Å². The van der Waals surface area contributed by atoms with Crippen molar-refractivity contribution in [2.45, 2.75) is 58.5 Å². The van der Waals surface area contributed by atoms with Gasteiger partial charge in [-0.2, -0.15) is 0 Å². The van der Waals surface area contributed by atoms with Crippen molar-refractivity contribution in [1.29, 1.82) is 0 Å². The fourth-order valence-corrected chi connectivity index (χ4v) is 6.57. The van der Waals surface area contributed by atoms with Gasteiger partial charge >= 0.3 is 0 Å². The zero-order valence-corrected chi connectivity index (χ0v) is 14.9. The number of methoxy groups -OCH3 is 1. The fourth-order valence-electron chi connectivity index (χ4n) is 6.57. The lowest BCUT2D eigenvalue weighted by molar-refractivity contribution is -0.0574. The van der Waals surface area contributed by atoms with Crippen molar-refractivity contribution in [3.05, 3.63) is 29.3 Å². The molecular formula is C21H30O2. The average Bonchev–Trinajstić information content (AvgIpc) is 2.81. The predicted molar refractivity (Wildman–Crippen MR) is 92.7 cm³/mol. The molecule has 2 saturated carbocycles. The topological polar surface area (TPSA) is 29.5 Å². The van der Waals surface area contributed by atoms with Crippen LogP contribution in [0.2, 0.25) is 0 Å². The Morgan fingerprint density at radius 3 is 2.70 bits per heavy atom. The lowest BCUT2D eigenvalue weighted by Gasteiger charge is -2.55. The number of hydrogen-bond acceptors (Lipinski definition) is 2. The molecule has 23 heavy (non-hydrogen) atoms. The highest BCUT2D eigenvalue weighted by Gasteiger charge is 2.58. The Bertz CT molecular complexity index is 610. The Hall–Kier alpha value is -1.02. The number of fused-ring (bicyclic) bond motifs is 5. The van der Waals surface area contributed by atoms with Crippen molar-refractivity contribution in [3.8, 4) is 5.75 Å². The van der Waals surface area contributed by atoms with E-state index in [1.54, 1.807) is 12.7 Å². The predicted octanol–water partition coefficient (Wildman–Crippen LogP) is 4.40. The molecule has 0 saturated heterocycles. The maximum Gasteiger partial charge on any atom is 0.119 e. The Kier molecular flexibility index (Phi) is 3.53. The van der Waals surface area contributed by atoms with Crippen LogP contribution in [0.4, 0.5) is 0 Å². The Morgan fingerprint density at radius 1 is 1.17 bits per heavy atom. The molecule has 0 aromatic heterocycles. The monoisotopic (exact) mass is 314 g/mol. The molecule has 3 aliphatic rings. The van der Waals surface area contributed by atoms with Gasteiger partial charge < -0.3 is 9.84 Å². The fraction of sp³-hybridized carbons (Fsp3) is 0.714. The van der Waals surface area contributed by atoms with E-state index in [2.05, 4.69) is 39.0 Å². The molecule has 0 amide bonds. The largest absolute Gasteiger partial charge is 0.497 e. The summed E-state index contributed by atoms with van der Waals surface area (Å²) in [6, 6.07) is 6.71. The summed E-state index contributed by atoms with van der Waals surface area (Å²) < 4.78 is 5.44. The van der Waals surface area contributed by atoms with Crippen LogP contribution in [-0.2, 0) is 6.42 Å². The maximum absolute atomic E-state index is 10.6. The van der Waals surface area contributed by atoms with Gasteiger partial charge in [0.15, 0.2) is 0 Å². The quantitative estimate of drug-likeness (QED) is 0.832. The molecule has 1 aromatic rings. The molecule has 0 bridgehead atoms. The molecule has 126 valence electrons. The normalized spacial score (nSPS) is 45.1. The van der Waals surface area contributed by atoms with Gasteiger partial charge in [-0.15, -0.1) is 0 Å². The van der Waals surface area contributed by atoms with Gasteiger partial charge in [0, 0.05) is 0 Å². The molecule has 4 rings (SSSR count). The van der Waals surface area contributed by atoms with Crippen molar-refractivity contribution < 1.29 is 9.84 Å². The molecule has 3 aliphatic carbocycles. The molecule has 2 fully saturated rings. The number of aliphatic hydroxyl groups is 1. The van der Waals surface area contributed by atoms with Crippen LogP contribution in [0.5, 0.6) is 5.75 Å². The highest BCUT2D eigenvalue weighted by molar-refractivity contribution is 5.41. The molecule has 0 aliphatic heterocycles. The Labute approximate surface area is 140 Å². The molecule has 7 atom stereocenters. The summed E-state index contributed by atoms with van der Waals surface area (Å²) in [5.41, 5.74) is 3.19. The summed E-state index contributed by atoms with van der Waals surface area (Å²) in [6.07, 6.45) is 4.43. The van der Waals surface area contributed by atoms with Crippen LogP contribution in [0, 0.1) is 29.1 Å². The minimum atomic E-state index is -0.0969. The minimum Gasteiger partial charge on any atom is -0.497 e. The lowest BCUT2D eigenvalue weighted by atomic mass is 9.50. The van der Waals surface area contributed by atoms with Gasteiger partial charge in [-0.05, 0) is 83.9 Å². The standard InChI is InChI=1S/C21H30O2/c1-12-9-14-10-15(23-4)5-6-16(14)19-13(2)11-21(3)17(20(12)19)7-8-18(21)22/h5-6,10,12-13,17-20,22H,7-9,11H2,1-4H3/t12?,13-,17?,18?,19?,20?,21?/m0/s1. The summed E-state index contributed by atoms with van der Waals surface area (Å²) in [6.45, 7) is 7.21. The van der Waals surface area contributed by atoms with E-state index < -0.39 is 0 Å². The summed E-state index contributed by atoms with van der Waals surface area (Å²) >= 11 is 0. The number of rotatable bonds is 1. The number of benzene rings is 1. The molecule has 0 heterocycles. The van der Waals surface area contributed by atoms with Crippen LogP contribution in [0.15, 0.2) is 18.2 Å². The smallest absolute Gasteiger partial charge is 0.119 e. The van der Waals surface area contributed by atoms with Crippen LogP contribution >= 0.6 is 0 Å². The van der Waals surface area contributed by atoms with Gasteiger partial charge in [-0.1, -0.05) is 26.8 Å². The third kappa shape index (κ3) is 2.10. The summed E-state index contributed by atoms with van der Waals surface area (Å²) in [5, 5.41) is 10.6. The molecule has 2 heteroatoms. The van der Waals surface area contributed by atoms with Crippen molar-refractivity contribution in [1.82, 2.24) is 0 Å². The summed E-state index contributed by atoms with van der Waals surface area (Å²) in [7, 11) is 1.76. The summed E-state index contributed by atoms with van der Waals surface area (Å²) in [4.78, 5) is 0. The van der Waals surface area contributed by atoms with Gasteiger partial charge in [-0.25, -0.2) is 0 Å². The van der Waals surface area contributed by atoms with Gasteiger partial charge in [-0.3, -0.25) is 0 Å². The van der Waals surface area contributed by atoms with Crippen LogP contribution in [0.25, 0.3) is 0 Å². The van der Waals surface area contributed by atoms with Gasteiger partial charge in [0.1, 0.15) is 5.75 Å². The highest BCUT2D eigenvalue weighted by Crippen LogP contribution is 2.63. The first-order chi connectivity index (χ1) is 11.0. The first-order valence-electron chi connectivity index (χ1n) is 9.30. The third-order valence-electron chi connectivity index (χ3n) is 7.52. The molecule has 0 spiro atoms. The summed E-state index contributed by atoms with van der Waals surface area (Å²) in [5.74, 6) is 4.38. The first-order valence-corrected chi connectivity index (χ1v) is 9.30. The van der Waals surface area contributed by atoms with Crippen LogP contribution in [0.3, 0.4) is 0 Å². The second kappa shape index (κ2) is 5.24. The lowest BCUT2D eigenvalue weighted by Crippen LogP contribution is -2.49. The number of hydrogen-bond donors (Lipinski definition) is 1. The third-order valence-corrected chi connectivity index (χ3v) is 7.52. The van der Waals surface area contributed by atoms with E-state index in [1.807, 2.05) is 0 Å². The van der Waals surface area contributed by atoms with Crippen LogP contribution < -0.4 is 4.74 Å². The molecule has 0 radical (unpaired) electrons. The van der Waals surface area contributed by atoms with E-state index in [-0.39, 0.29) is 11.5 Å². The van der Waals surface area contributed by atoms with E-state index in [0.717, 1.165) is 30.9 Å². The zero-order valence-electron chi connectivity index (χ0n) is 14.9. The minimum absolute atomic E-state index is 0.0969. The van der Waals surface area contributed by atoms with Crippen molar-refractivity contribution >= 4 is 0 Å². The number of ether oxygens (including phenoxy) is 1. The second-order valence-corrected chi connectivity index (χ2v) is 8.74. The van der Waals surface area contributed by atoms with E-state index >= 15 is 0 Å². The van der Waals surface area contributed by atoms with Crippen molar-refractivity contribution in [3.63, 3.8) is 0 Å². The highest BCUT2D eigenvalue weighted by atomic mass is 16.5. The molecule has 2 nitrogen and oxygen atoms in total. The molecule has 1 N–H and O–H groups in total. The van der Waals surface area contributed by atoms with Crippen LogP contribution in [0.1, 0.15) is 57.1 Å². The van der Waals surface area contributed by atoms with E-state index in [1.165, 1.54) is 12.0 Å². The van der Waals surface area contributed by atoms with Crippen molar-refractivity contribution in [2.24, 2.45) is 29.1 Å². The Morgan fingerprint density at radius 2 is 1.96 bits per heavy atom. The molecule has 1 aromatic carbocycles.